The van der Waals surface area contributed by atoms with Crippen LogP contribution in [0.15, 0.2) is 55.5 Å². The lowest BCUT2D eigenvalue weighted by molar-refractivity contribution is -0.136. The molecule has 4 rings (SSSR count). The minimum Gasteiger partial charge on any atom is -0.368 e. The van der Waals surface area contributed by atoms with Crippen LogP contribution in [0.1, 0.15) is 85.2 Å². The molecule has 0 saturated carbocycles. The molecule has 73 heavy (non-hydrogen) atoms. The molecule has 0 bridgehead atoms. The Morgan fingerprint density at radius 1 is 0.644 bits per heavy atom. The molecule has 0 aliphatic rings. The molecule has 0 radical (unpaired) electrons. The van der Waals surface area contributed by atoms with Crippen LogP contribution < -0.4 is 48.3 Å². The Bertz CT molecular complexity index is 2500. The van der Waals surface area contributed by atoms with Gasteiger partial charge in [-0.3, -0.25) is 43.2 Å². The van der Waals surface area contributed by atoms with Crippen molar-refractivity contribution in [3.05, 3.63) is 72.5 Å². The van der Waals surface area contributed by atoms with E-state index in [9.17, 15) is 43.2 Å². The molecule has 0 spiro atoms. The van der Waals surface area contributed by atoms with Gasteiger partial charge in [0.15, 0.2) is 0 Å². The van der Waals surface area contributed by atoms with E-state index >= 15 is 0 Å². The summed E-state index contributed by atoms with van der Waals surface area (Å²) in [5.74, 6) is -6.12. The van der Waals surface area contributed by atoms with Crippen molar-refractivity contribution in [1.82, 2.24) is 67.5 Å². The number of benzene rings is 1. The molecule has 4 aromatic rings. The highest BCUT2D eigenvalue weighted by molar-refractivity contribution is 7.98. The zero-order valence-corrected chi connectivity index (χ0v) is 43.7. The molecular formula is C49H72N14O9S. The van der Waals surface area contributed by atoms with E-state index in [2.05, 4.69) is 67.5 Å². The van der Waals surface area contributed by atoms with Crippen molar-refractivity contribution in [2.45, 2.75) is 130 Å². The molecule has 9 amide bonds. The molecular weight excluding hydrogens is 961 g/mol. The maximum atomic E-state index is 14.2. The van der Waals surface area contributed by atoms with Crippen molar-refractivity contribution in [2.24, 2.45) is 23.0 Å². The number of aromatic nitrogens is 5. The van der Waals surface area contributed by atoms with Crippen LogP contribution in [-0.2, 0) is 62.4 Å². The number of hydrogen-bond acceptors (Lipinski definition) is 12. The molecule has 0 aliphatic heterocycles. The van der Waals surface area contributed by atoms with Crippen LogP contribution in [-0.4, -0.2) is 139 Å². The summed E-state index contributed by atoms with van der Waals surface area (Å²) in [6.07, 6.45) is 9.84. The number of nitrogens with two attached hydrogens (primary N) is 1. The van der Waals surface area contributed by atoms with Gasteiger partial charge in [0.05, 0.1) is 19.2 Å². The minimum atomic E-state index is -1.25. The van der Waals surface area contributed by atoms with Gasteiger partial charge in [-0.05, 0) is 55.2 Å². The Hall–Kier alpha value is -7.24. The summed E-state index contributed by atoms with van der Waals surface area (Å²) in [6, 6.07) is -0.699. The summed E-state index contributed by atoms with van der Waals surface area (Å²) < 4.78 is 0. The first-order valence-corrected chi connectivity index (χ1v) is 25.5. The number of aromatic amines is 3. The molecule has 3 heterocycles. The summed E-state index contributed by atoms with van der Waals surface area (Å²) in [6.45, 7) is 12.9. The number of nitrogens with zero attached hydrogens (tertiary/aromatic N) is 2. The van der Waals surface area contributed by atoms with Crippen molar-refractivity contribution in [3.8, 4) is 0 Å². The van der Waals surface area contributed by atoms with Gasteiger partial charge in [0, 0.05) is 65.6 Å². The molecule has 7 atom stereocenters. The summed E-state index contributed by atoms with van der Waals surface area (Å²) in [7, 11) is 0. The topological polar surface area (TPSA) is 349 Å². The first kappa shape index (κ1) is 58.3. The first-order valence-electron chi connectivity index (χ1n) is 24.1. The summed E-state index contributed by atoms with van der Waals surface area (Å²) >= 11 is 1.48. The Morgan fingerprint density at radius 3 is 1.74 bits per heavy atom. The Balaban J connectivity index is 1.44. The Kier molecular flexibility index (Phi) is 22.0. The van der Waals surface area contributed by atoms with Crippen molar-refractivity contribution < 1.29 is 43.2 Å². The maximum Gasteiger partial charge on any atom is 0.243 e. The number of imidazole rings is 2. The number of carbonyl (C=O) groups excluding carboxylic acids is 9. The molecule has 0 fully saturated rings. The lowest BCUT2D eigenvalue weighted by Gasteiger charge is -2.27. The summed E-state index contributed by atoms with van der Waals surface area (Å²) in [5, 5.41) is 22.2. The largest absolute Gasteiger partial charge is 0.368 e. The Morgan fingerprint density at radius 2 is 1.19 bits per heavy atom. The van der Waals surface area contributed by atoms with Gasteiger partial charge in [0.1, 0.15) is 42.3 Å². The quantitative estimate of drug-likeness (QED) is 0.0362. The second kappa shape index (κ2) is 27.5. The summed E-state index contributed by atoms with van der Waals surface area (Å²) in [4.78, 5) is 139. The van der Waals surface area contributed by atoms with E-state index in [-0.39, 0.29) is 38.0 Å². The SMILES string of the molecule is CSCCC(NC(=O)C(CC(C)C)NC(=O)C(Cc1cnc[nH]1)NC(=O)CNC(=O)C(NC(=O)C(C)NC(=O)C(Cc1c[nH]c2ccccc12)NC(=O)C(Cc1cnc[nH]1)NC(=O)C(C)(C)C)C(C)C)C(N)=O. The number of nitrogens with one attached hydrogen (secondary N) is 11. The van der Waals surface area contributed by atoms with Crippen LogP contribution in [0, 0.1) is 17.3 Å². The maximum absolute atomic E-state index is 14.2. The normalized spacial score (nSPS) is 14.4. The number of hydrogen-bond donors (Lipinski definition) is 12. The number of rotatable bonds is 28. The smallest absolute Gasteiger partial charge is 0.243 e. The molecule has 1 aromatic carbocycles. The highest BCUT2D eigenvalue weighted by atomic mass is 32.2. The molecule has 7 unspecified atom stereocenters. The zero-order valence-electron chi connectivity index (χ0n) is 42.9. The van der Waals surface area contributed by atoms with Crippen LogP contribution in [0.4, 0.5) is 0 Å². The number of primary amides is 1. The number of amides is 9. The van der Waals surface area contributed by atoms with Crippen molar-refractivity contribution in [2.75, 3.05) is 18.6 Å². The van der Waals surface area contributed by atoms with Crippen LogP contribution in [0.25, 0.3) is 10.9 Å². The molecule has 13 N–H and O–H groups in total. The van der Waals surface area contributed by atoms with E-state index in [0.29, 0.717) is 22.7 Å². The fourth-order valence-electron chi connectivity index (χ4n) is 7.51. The van der Waals surface area contributed by atoms with E-state index in [1.54, 1.807) is 40.8 Å². The fourth-order valence-corrected chi connectivity index (χ4v) is 7.98. The van der Waals surface area contributed by atoms with Gasteiger partial charge in [0.25, 0.3) is 0 Å². The number of para-hydroxylation sites is 1. The summed E-state index contributed by atoms with van der Waals surface area (Å²) in [5.41, 5.74) is 7.24. The van der Waals surface area contributed by atoms with E-state index in [4.69, 9.17) is 5.73 Å². The van der Waals surface area contributed by atoms with Gasteiger partial charge >= 0.3 is 0 Å². The zero-order chi connectivity index (χ0) is 54.0. The third-order valence-corrected chi connectivity index (χ3v) is 12.3. The van der Waals surface area contributed by atoms with Gasteiger partial charge in [-0.1, -0.05) is 66.7 Å². The lowest BCUT2D eigenvalue weighted by Crippen LogP contribution is -2.59. The van der Waals surface area contributed by atoms with E-state index in [0.717, 1.165) is 10.9 Å². The average molecular weight is 1030 g/mol. The van der Waals surface area contributed by atoms with Gasteiger partial charge in [-0.15, -0.1) is 0 Å². The fraction of sp³-hybridized carbons (Fsp3) is 0.531. The van der Waals surface area contributed by atoms with Crippen molar-refractivity contribution in [3.63, 3.8) is 0 Å². The van der Waals surface area contributed by atoms with Crippen LogP contribution in [0.5, 0.6) is 0 Å². The first-order chi connectivity index (χ1) is 34.5. The third kappa shape index (κ3) is 18.4. The van der Waals surface area contributed by atoms with E-state index in [1.165, 1.54) is 43.7 Å². The van der Waals surface area contributed by atoms with Crippen LogP contribution >= 0.6 is 11.8 Å². The second-order valence-electron chi connectivity index (χ2n) is 19.7. The Labute approximate surface area is 428 Å². The van der Waals surface area contributed by atoms with Gasteiger partial charge in [0.2, 0.25) is 53.2 Å². The van der Waals surface area contributed by atoms with Crippen LogP contribution in [0.2, 0.25) is 0 Å². The second-order valence-corrected chi connectivity index (χ2v) is 20.7. The molecule has 23 nitrogen and oxygen atoms in total. The molecule has 3 aromatic heterocycles. The molecule has 0 aliphatic carbocycles. The van der Waals surface area contributed by atoms with E-state index in [1.807, 2.05) is 44.4 Å². The van der Waals surface area contributed by atoms with Gasteiger partial charge in [-0.2, -0.15) is 11.8 Å². The molecule has 0 saturated heterocycles. The van der Waals surface area contributed by atoms with Crippen molar-refractivity contribution >= 4 is 75.8 Å². The van der Waals surface area contributed by atoms with Gasteiger partial charge in [-0.25, -0.2) is 9.97 Å². The standard InChI is InChI=1S/C49H72N14O9S/c1-26(2)16-35(44(68)59-34(41(50)65)14-15-73-9)60-45(69)37(18-30-21-51-24-55-30)58-39(64)23-54-47(71)40(27(3)4)63-42(66)28(5)57-43(67)36(17-29-20-53-33-13-11-10-12-32(29)33)61-46(70)38(19-31-22-52-25-56-31)62-48(72)49(6,7)8/h10-13,20-22,24-28,34-38,40,53H,14-19,23H2,1-9H3,(H2,50,65)(H,51,55)(H,52,56)(H,54,71)(H,57,67)(H,58,64)(H,59,68)(H,60,69)(H,61,70)(H,62,72)(H,63,66). The third-order valence-electron chi connectivity index (χ3n) is 11.7. The monoisotopic (exact) mass is 1030 g/mol. The molecule has 398 valence electrons. The number of fused-ring (bicyclic) bond motifs is 1. The highest BCUT2D eigenvalue weighted by Crippen LogP contribution is 2.20. The van der Waals surface area contributed by atoms with E-state index < -0.39 is 113 Å². The number of carbonyl (C=O) groups is 9. The highest BCUT2D eigenvalue weighted by Gasteiger charge is 2.34. The molecule has 24 heteroatoms. The lowest BCUT2D eigenvalue weighted by atomic mass is 9.94. The number of thioether (sulfide) groups is 1. The predicted octanol–water partition coefficient (Wildman–Crippen LogP) is 0.158. The average Bonchev–Trinajstić information content (AvgIpc) is 4.13. The van der Waals surface area contributed by atoms with Gasteiger partial charge < -0.3 is 63.2 Å². The number of H-pyrrole nitrogens is 3. The van der Waals surface area contributed by atoms with Crippen molar-refractivity contribution in [1.29, 1.82) is 0 Å². The minimum absolute atomic E-state index is 0.00680. The predicted molar refractivity (Wildman–Crippen MR) is 275 cm³/mol. The van der Waals surface area contributed by atoms with Crippen LogP contribution in [0.3, 0.4) is 0 Å².